The fraction of sp³-hybridized carbons (Fsp3) is 0.333. The fourth-order valence-electron chi connectivity index (χ4n) is 5.94. The SMILES string of the molecule is CC(C)(C)N=CNc1ccc(-c2ccc(O)c3c2C[C@H]2C[C@H]4CC(=O)C(C(N)=O)=C(O)[C@@]4(O)C(=O)C2=C3O)cc1. The second-order valence-corrected chi connectivity index (χ2v) is 11.5. The number of benzene rings is 2. The number of phenols is 1. The molecule has 3 aliphatic rings. The van der Waals surface area contributed by atoms with Crippen LogP contribution in [0.2, 0.25) is 0 Å². The van der Waals surface area contributed by atoms with E-state index < -0.39 is 52.0 Å². The molecule has 2 aromatic rings. The van der Waals surface area contributed by atoms with Crippen molar-refractivity contribution in [2.45, 2.75) is 51.2 Å². The van der Waals surface area contributed by atoms with E-state index in [2.05, 4.69) is 10.3 Å². The molecule has 10 nitrogen and oxygen atoms in total. The Balaban J connectivity index is 1.56. The molecule has 0 unspecified atom stereocenters. The summed E-state index contributed by atoms with van der Waals surface area (Å²) in [7, 11) is 0. The van der Waals surface area contributed by atoms with Crippen LogP contribution in [0.4, 0.5) is 5.69 Å². The lowest BCUT2D eigenvalue weighted by Crippen LogP contribution is -2.58. The van der Waals surface area contributed by atoms with E-state index in [9.17, 15) is 34.8 Å². The summed E-state index contributed by atoms with van der Waals surface area (Å²) in [4.78, 5) is 42.4. The number of amides is 1. The van der Waals surface area contributed by atoms with Gasteiger partial charge >= 0.3 is 0 Å². The number of nitrogens with one attached hydrogen (secondary N) is 1. The van der Waals surface area contributed by atoms with E-state index in [0.717, 1.165) is 16.8 Å². The van der Waals surface area contributed by atoms with E-state index in [4.69, 9.17) is 5.73 Å². The number of phenolic OH excluding ortho intramolecular Hbond substituents is 1. The number of nitrogens with zero attached hydrogens (tertiary/aromatic N) is 1. The first-order valence-electron chi connectivity index (χ1n) is 13.0. The Kier molecular flexibility index (Phi) is 6.34. The highest BCUT2D eigenvalue weighted by atomic mass is 16.3. The molecule has 0 radical (unpaired) electrons. The number of anilines is 1. The Labute approximate surface area is 230 Å². The number of hydrogen-bond acceptors (Lipinski definition) is 8. The lowest BCUT2D eigenvalue weighted by molar-refractivity contribution is -0.147. The second-order valence-electron chi connectivity index (χ2n) is 11.5. The molecule has 0 saturated heterocycles. The lowest BCUT2D eigenvalue weighted by atomic mass is 9.59. The highest BCUT2D eigenvalue weighted by molar-refractivity contribution is 6.22. The maximum Gasteiger partial charge on any atom is 0.255 e. The van der Waals surface area contributed by atoms with Crippen molar-refractivity contribution in [3.05, 3.63) is 64.4 Å². The molecular formula is C30H31N3O7. The Morgan fingerprint density at radius 3 is 2.38 bits per heavy atom. The minimum absolute atomic E-state index is 0.0594. The van der Waals surface area contributed by atoms with Crippen LogP contribution >= 0.6 is 0 Å². The molecule has 1 fully saturated rings. The van der Waals surface area contributed by atoms with Gasteiger partial charge in [0, 0.05) is 23.6 Å². The van der Waals surface area contributed by atoms with Crippen LogP contribution in [0.1, 0.15) is 44.7 Å². The van der Waals surface area contributed by atoms with Crippen molar-refractivity contribution in [1.82, 2.24) is 0 Å². The predicted molar refractivity (Wildman–Crippen MR) is 149 cm³/mol. The first kappa shape index (κ1) is 27.1. The van der Waals surface area contributed by atoms with Gasteiger partial charge in [0.25, 0.3) is 5.91 Å². The summed E-state index contributed by atoms with van der Waals surface area (Å²) in [5.41, 5.74) is 4.49. The molecule has 1 amide bonds. The van der Waals surface area contributed by atoms with E-state index in [0.29, 0.717) is 5.56 Å². The van der Waals surface area contributed by atoms with E-state index >= 15 is 0 Å². The Morgan fingerprint density at radius 2 is 1.75 bits per heavy atom. The van der Waals surface area contributed by atoms with Crippen molar-refractivity contribution in [3.8, 4) is 16.9 Å². The predicted octanol–water partition coefficient (Wildman–Crippen LogP) is 3.33. The van der Waals surface area contributed by atoms with Gasteiger partial charge in [-0.2, -0.15) is 0 Å². The van der Waals surface area contributed by atoms with E-state index in [-0.39, 0.29) is 41.7 Å². The maximum absolute atomic E-state index is 13.6. The minimum atomic E-state index is -2.58. The number of fused-ring (bicyclic) bond motifs is 3. The molecule has 5 rings (SSSR count). The molecule has 2 aromatic carbocycles. The zero-order valence-corrected chi connectivity index (χ0v) is 22.4. The summed E-state index contributed by atoms with van der Waals surface area (Å²) >= 11 is 0. The number of nitrogens with two attached hydrogens (primary N) is 1. The number of aliphatic imine (C=N–C) groups is 1. The number of aliphatic hydroxyl groups excluding tert-OH is 2. The molecule has 0 spiro atoms. The normalized spacial score (nSPS) is 24.6. The van der Waals surface area contributed by atoms with Crippen LogP contribution in [-0.2, 0) is 20.8 Å². The van der Waals surface area contributed by atoms with Gasteiger partial charge in [-0.1, -0.05) is 18.2 Å². The minimum Gasteiger partial charge on any atom is -0.508 e. The quantitative estimate of drug-likeness (QED) is 0.192. The number of carbonyl (C=O) groups is 3. The van der Waals surface area contributed by atoms with E-state index in [1.165, 1.54) is 6.07 Å². The van der Waals surface area contributed by atoms with Crippen molar-refractivity contribution in [2.24, 2.45) is 22.6 Å². The van der Waals surface area contributed by atoms with Crippen LogP contribution in [0.5, 0.6) is 5.75 Å². The topological polar surface area (TPSA) is 183 Å². The number of aromatic hydroxyl groups is 1. The van der Waals surface area contributed by atoms with Gasteiger partial charge in [-0.15, -0.1) is 0 Å². The fourth-order valence-corrected chi connectivity index (χ4v) is 5.94. The first-order chi connectivity index (χ1) is 18.7. The summed E-state index contributed by atoms with van der Waals surface area (Å²) in [6.45, 7) is 5.96. The number of ketones is 2. The third-order valence-corrected chi connectivity index (χ3v) is 7.83. The highest BCUT2D eigenvalue weighted by Crippen LogP contribution is 2.53. The number of rotatable bonds is 4. The van der Waals surface area contributed by atoms with E-state index in [1.807, 2.05) is 45.0 Å². The number of Topliss-reactive ketones (excluding diaryl/α,β-unsaturated/α-hetero) is 2. The number of hydrogen-bond donors (Lipinski definition) is 6. The third kappa shape index (κ3) is 4.24. The van der Waals surface area contributed by atoms with Crippen molar-refractivity contribution < 1.29 is 34.8 Å². The Bertz CT molecular complexity index is 1550. The van der Waals surface area contributed by atoms with Crippen LogP contribution in [0.3, 0.4) is 0 Å². The van der Waals surface area contributed by atoms with Crippen LogP contribution in [0, 0.1) is 11.8 Å². The summed E-state index contributed by atoms with van der Waals surface area (Å²) in [6.07, 6.45) is 1.59. The average Bonchev–Trinajstić information content (AvgIpc) is 2.86. The summed E-state index contributed by atoms with van der Waals surface area (Å²) in [5, 5.41) is 47.2. The number of carbonyl (C=O) groups excluding carboxylic acids is 3. The molecule has 0 heterocycles. The van der Waals surface area contributed by atoms with Gasteiger partial charge in [0.15, 0.2) is 11.4 Å². The standard InChI is InChI=1S/C30H31N3O7/c1-29(2,3)33-13-32-17-6-4-14(5-7-17)18-8-9-20(34)23-19(18)11-15-10-16-12-21(35)24(28(31)39)27(38)30(16,40)26(37)22(15)25(23)36/h4-9,13,15-16,34,36,38,40H,10-12H2,1-3H3,(H2,31,39)(H,32,33)/t15-,16+,30+/m1/s1. The summed E-state index contributed by atoms with van der Waals surface area (Å²) in [5.74, 6) is -6.48. The number of aliphatic hydroxyl groups is 3. The van der Waals surface area contributed by atoms with Crippen molar-refractivity contribution in [2.75, 3.05) is 5.32 Å². The molecular weight excluding hydrogens is 514 g/mol. The molecule has 1 saturated carbocycles. The van der Waals surface area contributed by atoms with Crippen LogP contribution in [-0.4, -0.2) is 55.4 Å². The number of primary amides is 1. The van der Waals surface area contributed by atoms with Gasteiger partial charge in [-0.25, -0.2) is 0 Å². The zero-order valence-electron chi connectivity index (χ0n) is 22.4. The first-order valence-corrected chi connectivity index (χ1v) is 13.0. The molecule has 10 heteroatoms. The third-order valence-electron chi connectivity index (χ3n) is 7.83. The van der Waals surface area contributed by atoms with Gasteiger partial charge in [0.1, 0.15) is 22.8 Å². The lowest BCUT2D eigenvalue weighted by Gasteiger charge is -2.46. The molecule has 40 heavy (non-hydrogen) atoms. The van der Waals surface area contributed by atoms with Crippen LogP contribution < -0.4 is 11.1 Å². The molecule has 0 bridgehead atoms. The molecule has 3 atom stereocenters. The Hall–Kier alpha value is -4.44. The van der Waals surface area contributed by atoms with Gasteiger partial charge in [-0.3, -0.25) is 19.4 Å². The van der Waals surface area contributed by atoms with Gasteiger partial charge < -0.3 is 31.5 Å². The summed E-state index contributed by atoms with van der Waals surface area (Å²) < 4.78 is 0. The van der Waals surface area contributed by atoms with Gasteiger partial charge in [-0.05, 0) is 74.4 Å². The van der Waals surface area contributed by atoms with E-state index in [1.54, 1.807) is 12.4 Å². The Morgan fingerprint density at radius 1 is 1.07 bits per heavy atom. The van der Waals surface area contributed by atoms with Crippen molar-refractivity contribution in [1.29, 1.82) is 0 Å². The highest BCUT2D eigenvalue weighted by Gasteiger charge is 2.60. The van der Waals surface area contributed by atoms with Gasteiger partial charge in [0.05, 0.1) is 17.4 Å². The molecule has 0 aliphatic heterocycles. The summed E-state index contributed by atoms with van der Waals surface area (Å²) in [6, 6.07) is 10.7. The van der Waals surface area contributed by atoms with Crippen molar-refractivity contribution in [3.63, 3.8) is 0 Å². The molecule has 3 aliphatic carbocycles. The van der Waals surface area contributed by atoms with Crippen LogP contribution in [0.15, 0.2) is 58.3 Å². The average molecular weight is 546 g/mol. The molecule has 7 N–H and O–H groups in total. The molecule has 208 valence electrons. The van der Waals surface area contributed by atoms with Crippen molar-refractivity contribution >= 4 is 35.3 Å². The van der Waals surface area contributed by atoms with Crippen LogP contribution in [0.25, 0.3) is 16.9 Å². The maximum atomic E-state index is 13.6. The smallest absolute Gasteiger partial charge is 0.255 e. The zero-order chi connectivity index (χ0) is 29.1. The monoisotopic (exact) mass is 545 g/mol. The largest absolute Gasteiger partial charge is 0.508 e. The van der Waals surface area contributed by atoms with Gasteiger partial charge in [0.2, 0.25) is 5.78 Å². The second kappa shape index (κ2) is 9.34. The molecule has 0 aromatic heterocycles.